The first-order valence-electron chi connectivity index (χ1n) is 5.96. The van der Waals surface area contributed by atoms with Crippen molar-refractivity contribution in [3.8, 4) is 0 Å². The van der Waals surface area contributed by atoms with Crippen LogP contribution in [0.15, 0.2) is 0 Å². The van der Waals surface area contributed by atoms with Crippen molar-refractivity contribution in [3.63, 3.8) is 0 Å². The van der Waals surface area contributed by atoms with Gasteiger partial charge in [-0.2, -0.15) is 0 Å². The van der Waals surface area contributed by atoms with E-state index in [4.69, 9.17) is 0 Å². The van der Waals surface area contributed by atoms with Gasteiger partial charge in [0.15, 0.2) is 0 Å². The SMILES string of the molecule is CCCC[SiH](CCCC)NC(C)C. The predicted octanol–water partition coefficient (Wildman–Crippen LogP) is 3.31. The molecule has 0 bridgehead atoms. The van der Waals surface area contributed by atoms with Gasteiger partial charge in [-0.25, -0.2) is 0 Å². The highest BCUT2D eigenvalue weighted by molar-refractivity contribution is 6.56. The molecule has 2 heteroatoms. The lowest BCUT2D eigenvalue weighted by molar-refractivity contribution is 0.717. The van der Waals surface area contributed by atoms with E-state index in [9.17, 15) is 0 Å². The predicted molar refractivity (Wildman–Crippen MR) is 64.9 cm³/mol. The van der Waals surface area contributed by atoms with Gasteiger partial charge in [0.25, 0.3) is 0 Å². The molecule has 0 radical (unpaired) electrons. The average Bonchev–Trinajstić information content (AvgIpc) is 2.09. The normalized spacial score (nSPS) is 11.5. The van der Waals surface area contributed by atoms with Gasteiger partial charge in [0.05, 0.1) is 0 Å². The molecule has 0 saturated carbocycles. The Morgan fingerprint density at radius 3 is 1.77 bits per heavy atom. The minimum Gasteiger partial charge on any atom is -0.337 e. The van der Waals surface area contributed by atoms with Crippen molar-refractivity contribution in [2.24, 2.45) is 0 Å². The van der Waals surface area contributed by atoms with Crippen LogP contribution in [0.4, 0.5) is 0 Å². The molecule has 0 amide bonds. The number of hydrogen-bond donors (Lipinski definition) is 1. The van der Waals surface area contributed by atoms with Crippen LogP contribution in [0.5, 0.6) is 0 Å². The number of hydrogen-bond acceptors (Lipinski definition) is 1. The van der Waals surface area contributed by atoms with Crippen molar-refractivity contribution < 1.29 is 0 Å². The summed E-state index contributed by atoms with van der Waals surface area (Å²) in [6.45, 7) is 9.14. The molecular formula is C11H27NSi. The van der Waals surface area contributed by atoms with Crippen molar-refractivity contribution in [2.45, 2.75) is 71.5 Å². The summed E-state index contributed by atoms with van der Waals surface area (Å²) in [7, 11) is -0.577. The fourth-order valence-electron chi connectivity index (χ4n) is 1.68. The zero-order valence-electron chi connectivity index (χ0n) is 9.90. The van der Waals surface area contributed by atoms with E-state index in [1.165, 1.54) is 37.8 Å². The van der Waals surface area contributed by atoms with Gasteiger partial charge < -0.3 is 4.98 Å². The molecule has 0 aliphatic heterocycles. The molecule has 0 aromatic carbocycles. The van der Waals surface area contributed by atoms with Gasteiger partial charge in [0.2, 0.25) is 0 Å². The Labute approximate surface area is 86.0 Å². The number of unbranched alkanes of at least 4 members (excludes halogenated alkanes) is 2. The molecule has 1 N–H and O–H groups in total. The highest BCUT2D eigenvalue weighted by Crippen LogP contribution is 2.08. The Kier molecular flexibility index (Phi) is 8.88. The number of rotatable bonds is 8. The third-order valence-corrected chi connectivity index (χ3v) is 5.73. The molecule has 0 aliphatic carbocycles. The first-order valence-corrected chi connectivity index (χ1v) is 8.17. The van der Waals surface area contributed by atoms with Crippen LogP contribution in [0.3, 0.4) is 0 Å². The van der Waals surface area contributed by atoms with Gasteiger partial charge in [-0.15, -0.1) is 0 Å². The lowest BCUT2D eigenvalue weighted by atomic mass is 10.4. The summed E-state index contributed by atoms with van der Waals surface area (Å²) in [6, 6.07) is 3.69. The zero-order valence-corrected chi connectivity index (χ0v) is 11.1. The standard InChI is InChI=1S/C11H27NSi/c1-5-7-9-13(10-8-6-2)12-11(3)4/h11-13H,5-10H2,1-4H3. The number of nitrogens with one attached hydrogen (secondary N) is 1. The Hall–Kier alpha value is 0.177. The van der Waals surface area contributed by atoms with Gasteiger partial charge in [0, 0.05) is 0 Å². The minimum absolute atomic E-state index is 0.577. The van der Waals surface area contributed by atoms with E-state index in [-0.39, 0.29) is 0 Å². The largest absolute Gasteiger partial charge is 0.337 e. The van der Waals surface area contributed by atoms with Crippen LogP contribution in [0, 0.1) is 0 Å². The van der Waals surface area contributed by atoms with Crippen molar-refractivity contribution in [2.75, 3.05) is 0 Å². The molecule has 0 spiro atoms. The smallest absolute Gasteiger partial charge is 0.109 e. The molecule has 0 heterocycles. The Morgan fingerprint density at radius 1 is 1.00 bits per heavy atom. The van der Waals surface area contributed by atoms with Crippen molar-refractivity contribution >= 4 is 8.96 Å². The molecule has 0 aliphatic rings. The summed E-state index contributed by atoms with van der Waals surface area (Å²) in [5.74, 6) is 0. The maximum absolute atomic E-state index is 3.79. The molecular weight excluding hydrogens is 174 g/mol. The van der Waals surface area contributed by atoms with Gasteiger partial charge in [-0.3, -0.25) is 0 Å². The van der Waals surface area contributed by atoms with Gasteiger partial charge in [-0.05, 0) is 18.1 Å². The van der Waals surface area contributed by atoms with Crippen LogP contribution in [0.2, 0.25) is 12.1 Å². The summed E-state index contributed by atoms with van der Waals surface area (Å²) in [4.78, 5) is 3.79. The fraction of sp³-hybridized carbons (Fsp3) is 1.00. The second-order valence-corrected chi connectivity index (χ2v) is 7.18. The first-order chi connectivity index (χ1) is 6.20. The molecule has 0 aromatic heterocycles. The molecule has 0 rings (SSSR count). The maximum Gasteiger partial charge on any atom is 0.109 e. The summed E-state index contributed by atoms with van der Waals surface area (Å²) < 4.78 is 0. The van der Waals surface area contributed by atoms with Crippen LogP contribution in [-0.4, -0.2) is 15.0 Å². The van der Waals surface area contributed by atoms with Crippen LogP contribution in [0.1, 0.15) is 53.4 Å². The first kappa shape index (κ1) is 13.2. The van der Waals surface area contributed by atoms with Gasteiger partial charge in [0.1, 0.15) is 8.96 Å². The fourth-order valence-corrected chi connectivity index (χ4v) is 5.05. The monoisotopic (exact) mass is 201 g/mol. The second-order valence-electron chi connectivity index (χ2n) is 4.30. The van der Waals surface area contributed by atoms with E-state index < -0.39 is 8.96 Å². The zero-order chi connectivity index (χ0) is 10.1. The molecule has 0 unspecified atom stereocenters. The Balaban J connectivity index is 3.60. The molecule has 0 fully saturated rings. The molecule has 0 atom stereocenters. The minimum atomic E-state index is -0.577. The molecule has 0 saturated heterocycles. The molecule has 0 aromatic rings. The second kappa shape index (κ2) is 8.76. The van der Waals surface area contributed by atoms with Crippen molar-refractivity contribution in [1.82, 2.24) is 4.98 Å². The summed E-state index contributed by atoms with van der Waals surface area (Å²) >= 11 is 0. The molecule has 13 heavy (non-hydrogen) atoms. The average molecular weight is 201 g/mol. The third-order valence-electron chi connectivity index (χ3n) is 2.38. The van der Waals surface area contributed by atoms with Crippen LogP contribution in [0.25, 0.3) is 0 Å². The van der Waals surface area contributed by atoms with Crippen molar-refractivity contribution in [3.05, 3.63) is 0 Å². The van der Waals surface area contributed by atoms with E-state index >= 15 is 0 Å². The summed E-state index contributed by atoms with van der Waals surface area (Å²) in [5.41, 5.74) is 0. The maximum atomic E-state index is 3.79. The highest BCUT2D eigenvalue weighted by atomic mass is 28.3. The molecule has 80 valence electrons. The summed E-state index contributed by atoms with van der Waals surface area (Å²) in [6.07, 6.45) is 5.57. The third kappa shape index (κ3) is 8.51. The Bertz CT molecular complexity index is 96.3. The Morgan fingerprint density at radius 2 is 1.46 bits per heavy atom. The van der Waals surface area contributed by atoms with Crippen LogP contribution < -0.4 is 4.98 Å². The van der Waals surface area contributed by atoms with Gasteiger partial charge in [-0.1, -0.05) is 53.4 Å². The lowest BCUT2D eigenvalue weighted by Crippen LogP contribution is -2.38. The van der Waals surface area contributed by atoms with E-state index in [0.717, 1.165) is 0 Å². The molecule has 1 nitrogen and oxygen atoms in total. The summed E-state index contributed by atoms with van der Waals surface area (Å²) in [5, 5.41) is 0. The van der Waals surface area contributed by atoms with Crippen LogP contribution >= 0.6 is 0 Å². The quantitative estimate of drug-likeness (QED) is 0.594. The van der Waals surface area contributed by atoms with Crippen molar-refractivity contribution in [1.29, 1.82) is 0 Å². The van der Waals surface area contributed by atoms with E-state index in [1.54, 1.807) is 0 Å². The highest BCUT2D eigenvalue weighted by Gasteiger charge is 2.10. The lowest BCUT2D eigenvalue weighted by Gasteiger charge is -2.19. The van der Waals surface area contributed by atoms with Crippen LogP contribution in [-0.2, 0) is 0 Å². The van der Waals surface area contributed by atoms with E-state index in [1.807, 2.05) is 0 Å². The van der Waals surface area contributed by atoms with E-state index in [0.29, 0.717) is 6.04 Å². The topological polar surface area (TPSA) is 12.0 Å². The van der Waals surface area contributed by atoms with Gasteiger partial charge >= 0.3 is 0 Å². The van der Waals surface area contributed by atoms with E-state index in [2.05, 4.69) is 32.7 Å².